The van der Waals surface area contributed by atoms with Crippen molar-refractivity contribution in [2.45, 2.75) is 33.7 Å². The highest BCUT2D eigenvalue weighted by Gasteiger charge is 2.22. The van der Waals surface area contributed by atoms with Crippen LogP contribution in [0.4, 0.5) is 5.13 Å². The van der Waals surface area contributed by atoms with E-state index in [0.29, 0.717) is 10.8 Å². The number of hydrogen-bond donors (Lipinski definition) is 1. The van der Waals surface area contributed by atoms with Crippen molar-refractivity contribution in [3.05, 3.63) is 34.9 Å². The van der Waals surface area contributed by atoms with Crippen LogP contribution in [0.3, 0.4) is 0 Å². The van der Waals surface area contributed by atoms with Gasteiger partial charge < -0.3 is 0 Å². The van der Waals surface area contributed by atoms with E-state index < -0.39 is 0 Å². The number of nitrogens with one attached hydrogen (secondary N) is 1. The monoisotopic (exact) mass is 345 g/mol. The Bertz CT molecular complexity index is 689. The summed E-state index contributed by atoms with van der Waals surface area (Å²) in [6.07, 6.45) is 4.36. The molecule has 0 bridgehead atoms. The molecule has 1 aliphatic rings. The fraction of sp³-hybridized carbons (Fsp3) is 0.529. The van der Waals surface area contributed by atoms with Crippen LogP contribution in [0.25, 0.3) is 0 Å². The summed E-state index contributed by atoms with van der Waals surface area (Å²) in [5, 5.41) is 5.42. The Labute approximate surface area is 146 Å². The third-order valence-electron chi connectivity index (χ3n) is 4.12. The van der Waals surface area contributed by atoms with Gasteiger partial charge in [-0.2, -0.15) is 0 Å². The molecule has 0 spiro atoms. The Morgan fingerprint density at radius 2 is 2.04 bits per heavy atom. The van der Waals surface area contributed by atoms with Crippen molar-refractivity contribution in [3.63, 3.8) is 0 Å². The zero-order valence-corrected chi connectivity index (χ0v) is 15.1. The Balaban J connectivity index is 1.59. The van der Waals surface area contributed by atoms with Crippen LogP contribution in [0.15, 0.2) is 17.8 Å². The van der Waals surface area contributed by atoms with Crippen LogP contribution in [0, 0.1) is 18.8 Å². The average Bonchev–Trinajstić information content (AvgIpc) is 2.93. The van der Waals surface area contributed by atoms with Crippen molar-refractivity contribution in [2.24, 2.45) is 11.8 Å². The second-order valence-electron chi connectivity index (χ2n) is 6.78. The molecule has 1 fully saturated rings. The van der Waals surface area contributed by atoms with E-state index in [4.69, 9.17) is 0 Å². The number of aromatic nitrogens is 3. The van der Waals surface area contributed by atoms with E-state index in [2.05, 4.69) is 39.0 Å². The summed E-state index contributed by atoms with van der Waals surface area (Å²) in [5.74, 6) is 1.18. The fourth-order valence-corrected chi connectivity index (χ4v) is 3.95. The summed E-state index contributed by atoms with van der Waals surface area (Å²) in [6.45, 7) is 9.51. The molecule has 1 aliphatic heterocycles. The average molecular weight is 345 g/mol. The van der Waals surface area contributed by atoms with E-state index in [1.165, 1.54) is 24.0 Å². The molecular weight excluding hydrogens is 322 g/mol. The van der Waals surface area contributed by atoms with Gasteiger partial charge in [0, 0.05) is 31.2 Å². The first-order valence-corrected chi connectivity index (χ1v) is 9.14. The first kappa shape index (κ1) is 17.0. The molecule has 2 unspecified atom stereocenters. The predicted molar refractivity (Wildman–Crippen MR) is 95.1 cm³/mol. The van der Waals surface area contributed by atoms with Crippen LogP contribution < -0.4 is 5.32 Å². The third kappa shape index (κ3) is 4.36. The molecule has 6 nitrogen and oxygen atoms in total. The molecule has 1 amide bonds. The largest absolute Gasteiger partial charge is 0.297 e. The summed E-state index contributed by atoms with van der Waals surface area (Å²) >= 11 is 1.45. The van der Waals surface area contributed by atoms with E-state index in [-0.39, 0.29) is 5.91 Å². The van der Waals surface area contributed by atoms with Gasteiger partial charge in [-0.15, -0.1) is 11.3 Å². The Morgan fingerprint density at radius 1 is 1.29 bits per heavy atom. The highest BCUT2D eigenvalue weighted by Crippen LogP contribution is 2.24. The Morgan fingerprint density at radius 3 is 2.71 bits per heavy atom. The molecule has 3 rings (SSSR count). The van der Waals surface area contributed by atoms with Crippen LogP contribution in [-0.2, 0) is 6.54 Å². The molecule has 0 radical (unpaired) electrons. The minimum atomic E-state index is -0.274. The number of thiazole rings is 1. The second-order valence-corrected chi connectivity index (χ2v) is 7.64. The summed E-state index contributed by atoms with van der Waals surface area (Å²) in [6, 6.07) is 0. The summed E-state index contributed by atoms with van der Waals surface area (Å²) < 4.78 is 0. The van der Waals surface area contributed by atoms with Crippen LogP contribution in [0.1, 0.15) is 42.1 Å². The van der Waals surface area contributed by atoms with Crippen molar-refractivity contribution in [1.82, 2.24) is 19.9 Å². The van der Waals surface area contributed by atoms with E-state index >= 15 is 0 Å². The number of nitrogens with zero attached hydrogens (tertiary/aromatic N) is 4. The molecule has 2 aromatic rings. The Hall–Kier alpha value is -1.86. The smallest absolute Gasteiger partial charge is 0.277 e. The number of amides is 1. The standard InChI is InChI=1S/C17H23N5OS/c1-11-4-12(2)8-22(7-11)9-14-10-24-17(20-14)21-16(23)15-6-18-13(3)5-19-15/h5-6,10-12H,4,7-9H2,1-3H3,(H,20,21,23). The van der Waals surface area contributed by atoms with Crippen molar-refractivity contribution < 1.29 is 4.79 Å². The molecule has 1 N–H and O–H groups in total. The number of likely N-dealkylation sites (tertiary alicyclic amines) is 1. The first-order valence-electron chi connectivity index (χ1n) is 8.26. The molecule has 1 saturated heterocycles. The van der Waals surface area contributed by atoms with Gasteiger partial charge in [0.05, 0.1) is 17.6 Å². The van der Waals surface area contributed by atoms with Crippen molar-refractivity contribution in [3.8, 4) is 0 Å². The lowest BCUT2D eigenvalue weighted by Gasteiger charge is -2.34. The highest BCUT2D eigenvalue weighted by molar-refractivity contribution is 7.13. The van der Waals surface area contributed by atoms with Crippen LogP contribution in [0.5, 0.6) is 0 Å². The topological polar surface area (TPSA) is 71.0 Å². The molecule has 3 heterocycles. The predicted octanol–water partition coefficient (Wildman–Crippen LogP) is 2.97. The van der Waals surface area contributed by atoms with Gasteiger partial charge in [0.25, 0.3) is 5.91 Å². The number of hydrogen-bond acceptors (Lipinski definition) is 6. The number of aryl methyl sites for hydroxylation is 1. The molecule has 24 heavy (non-hydrogen) atoms. The molecular formula is C17H23N5OS. The number of piperidine rings is 1. The fourth-order valence-electron chi connectivity index (χ4n) is 3.26. The van der Waals surface area contributed by atoms with E-state index in [9.17, 15) is 4.79 Å². The summed E-state index contributed by atoms with van der Waals surface area (Å²) in [5.41, 5.74) is 2.09. The quantitative estimate of drug-likeness (QED) is 0.922. The van der Waals surface area contributed by atoms with Gasteiger partial charge in [0.15, 0.2) is 5.13 Å². The van der Waals surface area contributed by atoms with Gasteiger partial charge in [-0.3, -0.25) is 20.0 Å². The maximum Gasteiger partial charge on any atom is 0.277 e. The highest BCUT2D eigenvalue weighted by atomic mass is 32.1. The van der Waals surface area contributed by atoms with Crippen LogP contribution in [0.2, 0.25) is 0 Å². The lowest BCUT2D eigenvalue weighted by molar-refractivity contribution is 0.102. The number of rotatable bonds is 4. The van der Waals surface area contributed by atoms with E-state index in [1.807, 2.05) is 12.3 Å². The van der Waals surface area contributed by atoms with Gasteiger partial charge in [-0.1, -0.05) is 13.8 Å². The van der Waals surface area contributed by atoms with Gasteiger partial charge in [-0.25, -0.2) is 9.97 Å². The van der Waals surface area contributed by atoms with Gasteiger partial charge >= 0.3 is 0 Å². The number of carbonyl (C=O) groups is 1. The molecule has 2 atom stereocenters. The minimum Gasteiger partial charge on any atom is -0.297 e. The maximum atomic E-state index is 12.2. The molecule has 128 valence electrons. The Kier molecular flexibility index (Phi) is 5.20. The third-order valence-corrected chi connectivity index (χ3v) is 4.92. The summed E-state index contributed by atoms with van der Waals surface area (Å²) in [4.78, 5) is 27.3. The SMILES string of the molecule is Cc1cnc(C(=O)Nc2nc(CN3CC(C)CC(C)C3)cs2)cn1. The van der Waals surface area contributed by atoms with Crippen LogP contribution >= 0.6 is 11.3 Å². The zero-order valence-electron chi connectivity index (χ0n) is 14.3. The second kappa shape index (κ2) is 7.36. The van der Waals surface area contributed by atoms with Gasteiger partial charge in [0.2, 0.25) is 0 Å². The summed E-state index contributed by atoms with van der Waals surface area (Å²) in [7, 11) is 0. The van der Waals surface area contributed by atoms with E-state index in [0.717, 1.165) is 42.9 Å². The minimum absolute atomic E-state index is 0.274. The lowest BCUT2D eigenvalue weighted by atomic mass is 9.92. The molecule has 0 aromatic carbocycles. The van der Waals surface area contributed by atoms with Crippen molar-refractivity contribution in [1.29, 1.82) is 0 Å². The van der Waals surface area contributed by atoms with E-state index in [1.54, 1.807) is 6.20 Å². The molecule has 7 heteroatoms. The molecule has 2 aromatic heterocycles. The van der Waals surface area contributed by atoms with Crippen LogP contribution in [-0.4, -0.2) is 38.8 Å². The van der Waals surface area contributed by atoms with Gasteiger partial charge in [-0.05, 0) is 25.2 Å². The van der Waals surface area contributed by atoms with Crippen molar-refractivity contribution >= 4 is 22.4 Å². The van der Waals surface area contributed by atoms with Gasteiger partial charge in [0.1, 0.15) is 5.69 Å². The number of anilines is 1. The number of carbonyl (C=O) groups excluding carboxylic acids is 1. The normalized spacial score (nSPS) is 21.6. The molecule has 0 saturated carbocycles. The maximum absolute atomic E-state index is 12.2. The molecule has 0 aliphatic carbocycles. The zero-order chi connectivity index (χ0) is 17.1. The van der Waals surface area contributed by atoms with Crippen molar-refractivity contribution in [2.75, 3.05) is 18.4 Å². The lowest BCUT2D eigenvalue weighted by Crippen LogP contribution is -2.38. The first-order chi connectivity index (χ1) is 11.5.